The second-order valence-electron chi connectivity index (χ2n) is 10.3. The number of thiazole rings is 1. The highest BCUT2D eigenvalue weighted by Crippen LogP contribution is 2.27. The van der Waals surface area contributed by atoms with Crippen LogP contribution in [0.4, 0.5) is 5.82 Å². The summed E-state index contributed by atoms with van der Waals surface area (Å²) in [4.78, 5) is 27.6. The smallest absolute Gasteiger partial charge is 0.248 e. The van der Waals surface area contributed by atoms with Gasteiger partial charge in [-0.25, -0.2) is 18.4 Å². The molecule has 0 amide bonds. The monoisotopic (exact) mass is 542 g/mol. The molecular formula is C26H34N6O3S2. The summed E-state index contributed by atoms with van der Waals surface area (Å²) < 4.78 is 30.1. The normalized spacial score (nSPS) is 21.0. The van der Waals surface area contributed by atoms with E-state index in [4.69, 9.17) is 4.98 Å². The minimum absolute atomic E-state index is 0.201. The van der Waals surface area contributed by atoms with Gasteiger partial charge in [-0.2, -0.15) is 4.31 Å². The van der Waals surface area contributed by atoms with Crippen molar-refractivity contribution in [3.63, 3.8) is 0 Å². The summed E-state index contributed by atoms with van der Waals surface area (Å²) in [5, 5.41) is 2.73. The number of piperazine rings is 1. The Kier molecular flexibility index (Phi) is 7.04. The van der Waals surface area contributed by atoms with Crippen LogP contribution in [0.1, 0.15) is 51.4 Å². The van der Waals surface area contributed by atoms with Gasteiger partial charge in [0.1, 0.15) is 10.7 Å². The van der Waals surface area contributed by atoms with E-state index in [0.717, 1.165) is 51.3 Å². The van der Waals surface area contributed by atoms with E-state index in [1.807, 2.05) is 11.4 Å². The molecule has 5 heterocycles. The van der Waals surface area contributed by atoms with E-state index in [0.29, 0.717) is 35.3 Å². The topological polar surface area (TPSA) is 91.6 Å². The fraction of sp³-hybridized carbons (Fsp3) is 0.577. The first-order valence-corrected chi connectivity index (χ1v) is 15.8. The summed E-state index contributed by atoms with van der Waals surface area (Å²) in [6.45, 7) is 4.69. The zero-order valence-electron chi connectivity index (χ0n) is 21.1. The Morgan fingerprint density at radius 1 is 0.892 bits per heavy atom. The maximum atomic E-state index is 13.5. The maximum Gasteiger partial charge on any atom is 0.248 e. The first kappa shape index (κ1) is 25.0. The van der Waals surface area contributed by atoms with Gasteiger partial charge in [0.25, 0.3) is 0 Å². The Labute approximate surface area is 221 Å². The summed E-state index contributed by atoms with van der Waals surface area (Å²) in [5.74, 6) is 0.812. The van der Waals surface area contributed by atoms with E-state index >= 15 is 0 Å². The zero-order valence-corrected chi connectivity index (χ0v) is 22.7. The van der Waals surface area contributed by atoms with Gasteiger partial charge in [0.05, 0.1) is 5.39 Å². The Morgan fingerprint density at radius 3 is 2.32 bits per heavy atom. The molecule has 0 N–H and O–H groups in total. The number of hydrogen-bond donors (Lipinski definition) is 0. The van der Waals surface area contributed by atoms with Crippen LogP contribution in [0.25, 0.3) is 16.2 Å². The van der Waals surface area contributed by atoms with E-state index in [1.54, 1.807) is 16.8 Å². The standard InChI is InChI=1S/C26H34N6O3S2/c33-24-21-9-10-23(30-16-14-29(15-17-30)20-7-3-1-4-8-20)28-25(21)32(26-27-11-18-36-26)19-22(24)37(34,35)31-12-5-2-6-13-31/h9-11,18-20H,1-8,12-17H2. The van der Waals surface area contributed by atoms with E-state index in [1.165, 1.54) is 53.9 Å². The van der Waals surface area contributed by atoms with Crippen LogP contribution in [0.15, 0.2) is 39.6 Å². The van der Waals surface area contributed by atoms with Crippen LogP contribution in [0.5, 0.6) is 0 Å². The third-order valence-corrected chi connectivity index (χ3v) is 10.8. The van der Waals surface area contributed by atoms with Gasteiger partial charge in [-0.1, -0.05) is 25.7 Å². The first-order valence-electron chi connectivity index (χ1n) is 13.5. The molecule has 3 aromatic heterocycles. The Bertz CT molecular complexity index is 1400. The number of pyridine rings is 2. The minimum Gasteiger partial charge on any atom is -0.354 e. The molecule has 0 radical (unpaired) electrons. The largest absolute Gasteiger partial charge is 0.354 e. The van der Waals surface area contributed by atoms with E-state index in [-0.39, 0.29) is 4.90 Å². The molecule has 3 aromatic rings. The number of piperidine rings is 1. The lowest BCUT2D eigenvalue weighted by Crippen LogP contribution is -2.51. The predicted octanol–water partition coefficient (Wildman–Crippen LogP) is 3.47. The van der Waals surface area contributed by atoms with Gasteiger partial charge < -0.3 is 4.90 Å². The molecule has 0 aromatic carbocycles. The minimum atomic E-state index is -3.91. The number of sulfonamides is 1. The van der Waals surface area contributed by atoms with Crippen LogP contribution < -0.4 is 10.3 Å². The summed E-state index contributed by atoms with van der Waals surface area (Å²) in [7, 11) is -3.91. The predicted molar refractivity (Wildman–Crippen MR) is 146 cm³/mol. The molecule has 3 fully saturated rings. The van der Waals surface area contributed by atoms with Crippen LogP contribution in [-0.2, 0) is 10.0 Å². The third-order valence-electron chi connectivity index (χ3n) is 8.09. The SMILES string of the molecule is O=c1c(S(=O)(=O)N2CCCCC2)cn(-c2nccs2)c2nc(N3CCN(C4CCCCC4)CC3)ccc12. The highest BCUT2D eigenvalue weighted by Gasteiger charge is 2.31. The number of nitrogens with zero attached hydrogens (tertiary/aromatic N) is 6. The van der Waals surface area contributed by atoms with Crippen molar-refractivity contribution in [2.24, 2.45) is 0 Å². The van der Waals surface area contributed by atoms with Crippen LogP contribution in [0, 0.1) is 0 Å². The molecule has 0 atom stereocenters. The van der Waals surface area contributed by atoms with Gasteiger partial charge in [-0.15, -0.1) is 11.3 Å². The highest BCUT2D eigenvalue weighted by molar-refractivity contribution is 7.89. The van der Waals surface area contributed by atoms with Crippen molar-refractivity contribution in [1.82, 2.24) is 23.7 Å². The van der Waals surface area contributed by atoms with Crippen LogP contribution in [0.2, 0.25) is 0 Å². The van der Waals surface area contributed by atoms with Crippen LogP contribution in [-0.4, -0.2) is 77.5 Å². The molecule has 2 aliphatic heterocycles. The van der Waals surface area contributed by atoms with Crippen LogP contribution in [0.3, 0.4) is 0 Å². The van der Waals surface area contributed by atoms with Crippen molar-refractivity contribution < 1.29 is 8.42 Å². The molecule has 6 rings (SSSR count). The zero-order chi connectivity index (χ0) is 25.4. The maximum absolute atomic E-state index is 13.5. The van der Waals surface area contributed by atoms with Crippen LogP contribution >= 0.6 is 11.3 Å². The first-order chi connectivity index (χ1) is 18.0. The lowest BCUT2D eigenvalue weighted by atomic mass is 9.94. The van der Waals surface area contributed by atoms with Crippen molar-refractivity contribution in [3.05, 3.63) is 40.1 Å². The summed E-state index contributed by atoms with van der Waals surface area (Å²) in [6.07, 6.45) is 12.4. The Balaban J connectivity index is 1.35. The van der Waals surface area contributed by atoms with E-state index in [9.17, 15) is 13.2 Å². The molecule has 0 bridgehead atoms. The van der Waals surface area contributed by atoms with Gasteiger partial charge >= 0.3 is 0 Å². The van der Waals surface area contributed by atoms with Crippen molar-refractivity contribution >= 4 is 38.2 Å². The second kappa shape index (κ2) is 10.4. The molecule has 0 unspecified atom stereocenters. The van der Waals surface area contributed by atoms with Crippen molar-refractivity contribution in [2.45, 2.75) is 62.3 Å². The molecule has 11 heteroatoms. The highest BCUT2D eigenvalue weighted by atomic mass is 32.2. The molecule has 3 aliphatic rings. The fourth-order valence-corrected chi connectivity index (χ4v) is 8.23. The number of fused-ring (bicyclic) bond motifs is 1. The van der Waals surface area contributed by atoms with Gasteiger partial charge in [0.2, 0.25) is 15.5 Å². The quantitative estimate of drug-likeness (QED) is 0.488. The average molecular weight is 543 g/mol. The lowest BCUT2D eigenvalue weighted by molar-refractivity contribution is 0.147. The van der Waals surface area contributed by atoms with Crippen molar-refractivity contribution in [3.8, 4) is 5.13 Å². The Hall–Kier alpha value is -2.34. The molecular weight excluding hydrogens is 508 g/mol. The summed E-state index contributed by atoms with van der Waals surface area (Å²) in [5.41, 5.74) is -0.0423. The van der Waals surface area contributed by atoms with Crippen molar-refractivity contribution in [1.29, 1.82) is 0 Å². The number of anilines is 1. The Morgan fingerprint density at radius 2 is 1.62 bits per heavy atom. The molecule has 37 heavy (non-hydrogen) atoms. The van der Waals surface area contributed by atoms with Gasteiger partial charge in [-0.05, 0) is 37.8 Å². The number of aromatic nitrogens is 3. The molecule has 1 saturated carbocycles. The molecule has 2 saturated heterocycles. The van der Waals surface area contributed by atoms with Gasteiger partial charge in [0, 0.05) is 63.1 Å². The summed E-state index contributed by atoms with van der Waals surface area (Å²) >= 11 is 1.39. The molecule has 0 spiro atoms. The summed E-state index contributed by atoms with van der Waals surface area (Å²) in [6, 6.07) is 4.31. The van der Waals surface area contributed by atoms with E-state index < -0.39 is 15.5 Å². The number of hydrogen-bond acceptors (Lipinski definition) is 8. The average Bonchev–Trinajstić information content (AvgIpc) is 3.49. The molecule has 198 valence electrons. The van der Waals surface area contributed by atoms with Gasteiger partial charge in [-0.3, -0.25) is 14.3 Å². The second-order valence-corrected chi connectivity index (χ2v) is 13.1. The van der Waals surface area contributed by atoms with Crippen molar-refractivity contribution in [2.75, 3.05) is 44.2 Å². The fourth-order valence-electron chi connectivity index (χ4n) is 6.02. The van der Waals surface area contributed by atoms with E-state index in [2.05, 4.69) is 14.8 Å². The molecule has 9 nitrogen and oxygen atoms in total. The third kappa shape index (κ3) is 4.82. The number of rotatable bonds is 5. The molecule has 1 aliphatic carbocycles. The lowest BCUT2D eigenvalue weighted by Gasteiger charge is -2.41. The van der Waals surface area contributed by atoms with Gasteiger partial charge in [0.15, 0.2) is 10.8 Å².